The summed E-state index contributed by atoms with van der Waals surface area (Å²) in [5.74, 6) is -0.268. The zero-order chi connectivity index (χ0) is 14.8. The van der Waals surface area contributed by atoms with Crippen molar-refractivity contribution in [2.24, 2.45) is 0 Å². The van der Waals surface area contributed by atoms with Crippen LogP contribution in [0.4, 0.5) is 15.8 Å². The first-order valence-corrected chi connectivity index (χ1v) is 6.76. The van der Waals surface area contributed by atoms with Gasteiger partial charge >= 0.3 is 0 Å². The number of fused-ring (bicyclic) bond motifs is 1. The van der Waals surface area contributed by atoms with Crippen LogP contribution in [0.25, 0.3) is 0 Å². The molecule has 0 atom stereocenters. The molecule has 4 nitrogen and oxygen atoms in total. The van der Waals surface area contributed by atoms with E-state index in [9.17, 15) is 14.3 Å². The van der Waals surface area contributed by atoms with Gasteiger partial charge in [0.05, 0.1) is 5.69 Å². The predicted molar refractivity (Wildman–Crippen MR) is 78.8 cm³/mol. The molecule has 1 amide bonds. The minimum Gasteiger partial charge on any atom is -0.508 e. The van der Waals surface area contributed by atoms with Gasteiger partial charge in [-0.2, -0.15) is 0 Å². The van der Waals surface area contributed by atoms with E-state index in [-0.39, 0.29) is 11.7 Å². The first kappa shape index (κ1) is 13.4. The maximum atomic E-state index is 14.0. The number of hydrogen-bond acceptors (Lipinski definition) is 3. The summed E-state index contributed by atoms with van der Waals surface area (Å²) in [6.07, 6.45) is 1.05. The van der Waals surface area contributed by atoms with Gasteiger partial charge in [-0.05, 0) is 41.8 Å². The average molecular weight is 286 g/mol. The van der Waals surface area contributed by atoms with Gasteiger partial charge in [-0.25, -0.2) is 4.39 Å². The van der Waals surface area contributed by atoms with Crippen LogP contribution >= 0.6 is 0 Å². The van der Waals surface area contributed by atoms with Crippen molar-refractivity contribution in [3.63, 3.8) is 0 Å². The lowest BCUT2D eigenvalue weighted by molar-refractivity contribution is -0.116. The summed E-state index contributed by atoms with van der Waals surface area (Å²) in [6.45, 7) is 0.461. The number of amides is 1. The Labute approximate surface area is 121 Å². The molecule has 0 bridgehead atoms. The second kappa shape index (κ2) is 5.44. The molecule has 1 aliphatic heterocycles. The minimum absolute atomic E-state index is 0.0771. The van der Waals surface area contributed by atoms with Crippen molar-refractivity contribution in [3.05, 3.63) is 53.3 Å². The Hall–Kier alpha value is -2.56. The Morgan fingerprint density at radius 1 is 1.19 bits per heavy atom. The van der Waals surface area contributed by atoms with Crippen LogP contribution in [0.3, 0.4) is 0 Å². The third-order valence-electron chi connectivity index (χ3n) is 3.51. The molecule has 0 aliphatic carbocycles. The highest BCUT2D eigenvalue weighted by atomic mass is 19.1. The molecule has 0 unspecified atom stereocenters. The summed E-state index contributed by atoms with van der Waals surface area (Å²) in [4.78, 5) is 11.3. The molecule has 0 aromatic heterocycles. The fourth-order valence-corrected chi connectivity index (χ4v) is 2.35. The fraction of sp³-hybridized carbons (Fsp3) is 0.188. The molecule has 1 heterocycles. The van der Waals surface area contributed by atoms with Gasteiger partial charge in [0.2, 0.25) is 5.91 Å². The van der Waals surface area contributed by atoms with Gasteiger partial charge in [0.15, 0.2) is 0 Å². The number of carbonyl (C=O) groups excluding carboxylic acids is 1. The zero-order valence-corrected chi connectivity index (χ0v) is 11.3. The van der Waals surface area contributed by atoms with E-state index < -0.39 is 5.82 Å². The van der Waals surface area contributed by atoms with Crippen LogP contribution in [0, 0.1) is 5.82 Å². The summed E-state index contributed by atoms with van der Waals surface area (Å²) >= 11 is 0. The molecule has 0 radical (unpaired) electrons. The first-order chi connectivity index (χ1) is 10.1. The van der Waals surface area contributed by atoms with Crippen LogP contribution in [-0.2, 0) is 17.8 Å². The Bertz CT molecular complexity index is 683. The molecule has 2 aromatic rings. The molecule has 0 spiro atoms. The van der Waals surface area contributed by atoms with Gasteiger partial charge in [0, 0.05) is 18.7 Å². The van der Waals surface area contributed by atoms with Crippen molar-refractivity contribution < 1.29 is 14.3 Å². The van der Waals surface area contributed by atoms with Gasteiger partial charge in [0.1, 0.15) is 11.6 Å². The average Bonchev–Trinajstić information content (AvgIpc) is 2.47. The highest BCUT2D eigenvalue weighted by molar-refractivity contribution is 5.94. The van der Waals surface area contributed by atoms with Gasteiger partial charge in [0.25, 0.3) is 0 Å². The van der Waals surface area contributed by atoms with Crippen molar-refractivity contribution in [1.29, 1.82) is 0 Å². The second-order valence-electron chi connectivity index (χ2n) is 5.06. The maximum absolute atomic E-state index is 14.0. The summed E-state index contributed by atoms with van der Waals surface area (Å²) in [7, 11) is 0. The van der Waals surface area contributed by atoms with E-state index in [1.165, 1.54) is 6.07 Å². The van der Waals surface area contributed by atoms with Crippen LogP contribution in [-0.4, -0.2) is 11.0 Å². The first-order valence-electron chi connectivity index (χ1n) is 6.76. The molecule has 0 saturated carbocycles. The monoisotopic (exact) mass is 286 g/mol. The number of nitrogens with one attached hydrogen (secondary N) is 2. The molecule has 108 valence electrons. The van der Waals surface area contributed by atoms with Crippen LogP contribution < -0.4 is 10.6 Å². The number of benzene rings is 2. The third kappa shape index (κ3) is 2.97. The number of halogens is 1. The standard InChI is InChI=1S/C16H15FN2O2/c17-13-8-14-11(3-6-16(21)19-14)7-15(13)18-9-10-1-4-12(20)5-2-10/h1-2,4-5,7-8,18,20H,3,6,9H2,(H,19,21). The Kier molecular flexibility index (Phi) is 3.48. The number of carbonyl (C=O) groups is 1. The van der Waals surface area contributed by atoms with E-state index in [1.54, 1.807) is 30.3 Å². The van der Waals surface area contributed by atoms with Crippen LogP contribution in [0.5, 0.6) is 5.75 Å². The zero-order valence-electron chi connectivity index (χ0n) is 11.3. The van der Waals surface area contributed by atoms with Crippen LogP contribution in [0.1, 0.15) is 17.5 Å². The minimum atomic E-state index is -0.394. The number of anilines is 2. The van der Waals surface area contributed by atoms with Crippen molar-refractivity contribution in [2.45, 2.75) is 19.4 Å². The maximum Gasteiger partial charge on any atom is 0.224 e. The lowest BCUT2D eigenvalue weighted by atomic mass is 10.0. The predicted octanol–water partition coefficient (Wildman–Crippen LogP) is 3.03. The molecule has 21 heavy (non-hydrogen) atoms. The van der Waals surface area contributed by atoms with E-state index in [2.05, 4.69) is 10.6 Å². The van der Waals surface area contributed by atoms with Crippen LogP contribution in [0.15, 0.2) is 36.4 Å². The molecular weight excluding hydrogens is 271 g/mol. The fourth-order valence-electron chi connectivity index (χ4n) is 2.35. The summed E-state index contributed by atoms with van der Waals surface area (Å²) < 4.78 is 14.0. The molecular formula is C16H15FN2O2. The van der Waals surface area contributed by atoms with E-state index >= 15 is 0 Å². The highest BCUT2D eigenvalue weighted by Gasteiger charge is 2.17. The van der Waals surface area contributed by atoms with E-state index in [0.717, 1.165) is 11.1 Å². The van der Waals surface area contributed by atoms with Gasteiger partial charge < -0.3 is 15.7 Å². The van der Waals surface area contributed by atoms with Gasteiger partial charge in [-0.3, -0.25) is 4.79 Å². The second-order valence-corrected chi connectivity index (χ2v) is 5.06. The van der Waals surface area contributed by atoms with Gasteiger partial charge in [-0.15, -0.1) is 0 Å². The number of phenols is 1. The Morgan fingerprint density at radius 2 is 1.95 bits per heavy atom. The summed E-state index contributed by atoms with van der Waals surface area (Å²) in [6, 6.07) is 9.83. The summed E-state index contributed by atoms with van der Waals surface area (Å²) in [5.41, 5.74) is 2.85. The number of aryl methyl sites for hydroxylation is 1. The molecule has 3 N–H and O–H groups in total. The highest BCUT2D eigenvalue weighted by Crippen LogP contribution is 2.28. The number of rotatable bonds is 3. The number of aromatic hydroxyl groups is 1. The molecule has 0 saturated heterocycles. The van der Waals surface area contributed by atoms with Crippen molar-refractivity contribution in [1.82, 2.24) is 0 Å². The smallest absolute Gasteiger partial charge is 0.224 e. The normalized spacial score (nSPS) is 13.5. The van der Waals surface area contributed by atoms with E-state index in [0.29, 0.717) is 30.8 Å². The lowest BCUT2D eigenvalue weighted by Gasteiger charge is -2.18. The number of phenolic OH excluding ortho intramolecular Hbond substituents is 1. The van der Waals surface area contributed by atoms with E-state index in [4.69, 9.17) is 0 Å². The topological polar surface area (TPSA) is 61.4 Å². The molecule has 1 aliphatic rings. The quantitative estimate of drug-likeness (QED) is 0.812. The largest absolute Gasteiger partial charge is 0.508 e. The SMILES string of the molecule is O=C1CCc2cc(NCc3ccc(O)cc3)c(F)cc2N1. The summed E-state index contributed by atoms with van der Waals surface area (Å²) in [5, 5.41) is 14.9. The van der Waals surface area contributed by atoms with Crippen molar-refractivity contribution >= 4 is 17.3 Å². The Morgan fingerprint density at radius 3 is 2.71 bits per heavy atom. The molecule has 0 fully saturated rings. The van der Waals surface area contributed by atoms with Crippen molar-refractivity contribution in [3.8, 4) is 5.75 Å². The van der Waals surface area contributed by atoms with E-state index in [1.807, 2.05) is 0 Å². The number of hydrogen-bond donors (Lipinski definition) is 3. The third-order valence-corrected chi connectivity index (χ3v) is 3.51. The lowest BCUT2D eigenvalue weighted by Crippen LogP contribution is -2.19. The molecule has 2 aromatic carbocycles. The Balaban J connectivity index is 1.76. The van der Waals surface area contributed by atoms with Crippen LogP contribution in [0.2, 0.25) is 0 Å². The molecule has 5 heteroatoms. The van der Waals surface area contributed by atoms with Gasteiger partial charge in [-0.1, -0.05) is 12.1 Å². The molecule has 3 rings (SSSR count). The van der Waals surface area contributed by atoms with Crippen molar-refractivity contribution in [2.75, 3.05) is 10.6 Å².